The molecule has 0 saturated carbocycles. The first-order chi connectivity index (χ1) is 7.25. The van der Waals surface area contributed by atoms with E-state index in [9.17, 15) is 0 Å². The molecule has 0 fully saturated rings. The molecular formula is C13H17ClN2. The smallest absolute Gasteiger partial charge is 0.0459 e. The number of aromatic nitrogens is 1. The number of nitrogens with one attached hydrogen (secondary N) is 1. The van der Waals surface area contributed by atoms with E-state index in [1.165, 1.54) is 40.6 Å². The molecule has 1 aromatic heterocycles. The molecule has 0 aliphatic heterocycles. The highest BCUT2D eigenvalue weighted by Gasteiger charge is 2.20. The second kappa shape index (κ2) is 4.11. The highest BCUT2D eigenvalue weighted by Crippen LogP contribution is 2.33. The van der Waals surface area contributed by atoms with E-state index in [4.69, 9.17) is 5.73 Å². The van der Waals surface area contributed by atoms with Gasteiger partial charge in [0.05, 0.1) is 0 Å². The molecule has 0 amide bonds. The van der Waals surface area contributed by atoms with Crippen molar-refractivity contribution in [3.8, 4) is 0 Å². The van der Waals surface area contributed by atoms with Crippen LogP contribution in [0.3, 0.4) is 0 Å². The third kappa shape index (κ3) is 1.62. The van der Waals surface area contributed by atoms with Crippen molar-refractivity contribution in [3.05, 3.63) is 35.0 Å². The zero-order valence-electron chi connectivity index (χ0n) is 9.42. The standard InChI is InChI=1S/C13H16N2.ClH/c1-8-5-6-12-10(7-8)9-3-2-4-11(14)13(9)15-12;/h5-7,11,15H,2-4,14H2,1H3;1H. The maximum atomic E-state index is 6.12. The molecule has 3 rings (SSSR count). The Morgan fingerprint density at radius 1 is 1.38 bits per heavy atom. The Kier molecular flexibility index (Phi) is 2.96. The van der Waals surface area contributed by atoms with Crippen molar-refractivity contribution in [1.29, 1.82) is 0 Å². The Bertz CT molecular complexity index is 516. The van der Waals surface area contributed by atoms with E-state index in [0.29, 0.717) is 0 Å². The van der Waals surface area contributed by atoms with Crippen molar-refractivity contribution < 1.29 is 0 Å². The molecule has 0 radical (unpaired) electrons. The molecule has 1 aliphatic carbocycles. The first-order valence-corrected chi connectivity index (χ1v) is 5.62. The van der Waals surface area contributed by atoms with Gasteiger partial charge in [0.2, 0.25) is 0 Å². The van der Waals surface area contributed by atoms with Crippen LogP contribution in [0.15, 0.2) is 18.2 Å². The second-order valence-electron chi connectivity index (χ2n) is 4.56. The summed E-state index contributed by atoms with van der Waals surface area (Å²) in [5.74, 6) is 0. The highest BCUT2D eigenvalue weighted by atomic mass is 35.5. The third-order valence-electron chi connectivity index (χ3n) is 3.41. The minimum atomic E-state index is 0. The fourth-order valence-electron chi connectivity index (χ4n) is 2.61. The van der Waals surface area contributed by atoms with Gasteiger partial charge < -0.3 is 10.7 Å². The van der Waals surface area contributed by atoms with Crippen molar-refractivity contribution in [2.45, 2.75) is 32.2 Å². The van der Waals surface area contributed by atoms with Crippen LogP contribution in [0.2, 0.25) is 0 Å². The van der Waals surface area contributed by atoms with Gasteiger partial charge in [-0.05, 0) is 43.9 Å². The molecule has 0 saturated heterocycles. The van der Waals surface area contributed by atoms with Crippen molar-refractivity contribution in [2.75, 3.05) is 0 Å². The van der Waals surface area contributed by atoms with Gasteiger partial charge in [0.1, 0.15) is 0 Å². The van der Waals surface area contributed by atoms with Gasteiger partial charge in [-0.2, -0.15) is 0 Å². The van der Waals surface area contributed by atoms with Gasteiger partial charge in [0.15, 0.2) is 0 Å². The van der Waals surface area contributed by atoms with E-state index < -0.39 is 0 Å². The Hall–Kier alpha value is -0.990. The number of aromatic amines is 1. The molecule has 86 valence electrons. The van der Waals surface area contributed by atoms with Gasteiger partial charge in [0, 0.05) is 22.6 Å². The Morgan fingerprint density at radius 2 is 2.19 bits per heavy atom. The predicted octanol–water partition coefficient (Wildman–Crippen LogP) is 3.23. The molecule has 1 aromatic carbocycles. The van der Waals surface area contributed by atoms with E-state index >= 15 is 0 Å². The van der Waals surface area contributed by atoms with Crippen LogP contribution in [0.1, 0.15) is 35.7 Å². The minimum absolute atomic E-state index is 0. The Morgan fingerprint density at radius 3 is 3.00 bits per heavy atom. The predicted molar refractivity (Wildman–Crippen MR) is 70.2 cm³/mol. The van der Waals surface area contributed by atoms with Gasteiger partial charge in [-0.3, -0.25) is 0 Å². The van der Waals surface area contributed by atoms with Crippen LogP contribution < -0.4 is 5.73 Å². The van der Waals surface area contributed by atoms with Crippen molar-refractivity contribution in [3.63, 3.8) is 0 Å². The molecule has 3 heteroatoms. The molecule has 0 spiro atoms. The monoisotopic (exact) mass is 236 g/mol. The van der Waals surface area contributed by atoms with Crippen molar-refractivity contribution in [2.24, 2.45) is 5.73 Å². The van der Waals surface area contributed by atoms with Crippen LogP contribution >= 0.6 is 12.4 Å². The fourth-order valence-corrected chi connectivity index (χ4v) is 2.61. The van der Waals surface area contributed by atoms with Crippen LogP contribution in [-0.4, -0.2) is 4.98 Å². The Balaban J connectivity index is 0.000000963. The van der Waals surface area contributed by atoms with Gasteiger partial charge in [0.25, 0.3) is 0 Å². The van der Waals surface area contributed by atoms with E-state index in [1.54, 1.807) is 0 Å². The van der Waals surface area contributed by atoms with Crippen LogP contribution in [-0.2, 0) is 6.42 Å². The fraction of sp³-hybridized carbons (Fsp3) is 0.385. The lowest BCUT2D eigenvalue weighted by Crippen LogP contribution is -2.16. The van der Waals surface area contributed by atoms with Gasteiger partial charge >= 0.3 is 0 Å². The summed E-state index contributed by atoms with van der Waals surface area (Å²) in [5.41, 5.74) is 11.4. The summed E-state index contributed by atoms with van der Waals surface area (Å²) in [4.78, 5) is 3.47. The molecule has 1 atom stereocenters. The number of hydrogen-bond donors (Lipinski definition) is 2. The maximum absolute atomic E-state index is 6.12. The summed E-state index contributed by atoms with van der Waals surface area (Å²) in [5, 5.41) is 1.38. The van der Waals surface area contributed by atoms with Crippen LogP contribution in [0.25, 0.3) is 10.9 Å². The maximum Gasteiger partial charge on any atom is 0.0459 e. The summed E-state index contributed by atoms with van der Waals surface area (Å²) >= 11 is 0. The quantitative estimate of drug-likeness (QED) is 0.725. The second-order valence-corrected chi connectivity index (χ2v) is 4.56. The molecule has 2 aromatic rings. The van der Waals surface area contributed by atoms with Gasteiger partial charge in [-0.1, -0.05) is 11.6 Å². The normalized spacial score (nSPS) is 19.2. The molecule has 0 bridgehead atoms. The number of benzene rings is 1. The van der Waals surface area contributed by atoms with Crippen molar-refractivity contribution >= 4 is 23.3 Å². The van der Waals surface area contributed by atoms with Crippen molar-refractivity contribution in [1.82, 2.24) is 4.98 Å². The summed E-state index contributed by atoms with van der Waals surface area (Å²) in [6.07, 6.45) is 3.50. The van der Waals surface area contributed by atoms with Crippen LogP contribution in [0.4, 0.5) is 0 Å². The average Bonchev–Trinajstić information content (AvgIpc) is 2.58. The number of halogens is 1. The zero-order chi connectivity index (χ0) is 10.4. The first-order valence-electron chi connectivity index (χ1n) is 5.62. The van der Waals surface area contributed by atoms with Gasteiger partial charge in [-0.15, -0.1) is 12.4 Å². The number of rotatable bonds is 0. The topological polar surface area (TPSA) is 41.8 Å². The molecule has 1 heterocycles. The van der Waals surface area contributed by atoms with E-state index in [2.05, 4.69) is 30.1 Å². The summed E-state index contributed by atoms with van der Waals surface area (Å²) < 4.78 is 0. The SMILES string of the molecule is Cc1ccc2[nH]c3c(c2c1)CCCC3N.Cl. The Labute approximate surface area is 102 Å². The lowest BCUT2D eigenvalue weighted by atomic mass is 9.92. The number of hydrogen-bond acceptors (Lipinski definition) is 1. The van der Waals surface area contributed by atoms with E-state index in [0.717, 1.165) is 6.42 Å². The van der Waals surface area contributed by atoms with E-state index in [-0.39, 0.29) is 18.4 Å². The first kappa shape index (κ1) is 11.5. The molecule has 3 N–H and O–H groups in total. The van der Waals surface area contributed by atoms with Gasteiger partial charge in [-0.25, -0.2) is 0 Å². The molecule has 1 aliphatic rings. The molecule has 16 heavy (non-hydrogen) atoms. The van der Waals surface area contributed by atoms with Crippen LogP contribution in [0.5, 0.6) is 0 Å². The zero-order valence-corrected chi connectivity index (χ0v) is 10.2. The summed E-state index contributed by atoms with van der Waals surface area (Å²) in [6, 6.07) is 6.79. The number of aryl methyl sites for hydroxylation is 2. The third-order valence-corrected chi connectivity index (χ3v) is 3.41. The summed E-state index contributed by atoms with van der Waals surface area (Å²) in [6.45, 7) is 2.14. The number of fused-ring (bicyclic) bond motifs is 3. The minimum Gasteiger partial charge on any atom is -0.357 e. The highest BCUT2D eigenvalue weighted by molar-refractivity contribution is 5.86. The number of nitrogens with two attached hydrogens (primary N) is 1. The largest absolute Gasteiger partial charge is 0.357 e. The van der Waals surface area contributed by atoms with Crippen LogP contribution in [0, 0.1) is 6.92 Å². The number of H-pyrrole nitrogens is 1. The average molecular weight is 237 g/mol. The lowest BCUT2D eigenvalue weighted by Gasteiger charge is -2.18. The lowest BCUT2D eigenvalue weighted by molar-refractivity contribution is 0.562. The molecular weight excluding hydrogens is 220 g/mol. The molecule has 2 nitrogen and oxygen atoms in total. The molecule has 1 unspecified atom stereocenters. The summed E-state index contributed by atoms with van der Waals surface area (Å²) in [7, 11) is 0. The van der Waals surface area contributed by atoms with E-state index in [1.807, 2.05) is 0 Å².